The van der Waals surface area contributed by atoms with E-state index < -0.39 is 6.04 Å². The molecule has 0 bridgehead atoms. The highest BCUT2D eigenvalue weighted by molar-refractivity contribution is 8.00. The Hall–Kier alpha value is -2.27. The number of carbonyl (C=O) groups excluding carboxylic acids is 2. The van der Waals surface area contributed by atoms with Crippen LogP contribution in [0.2, 0.25) is 0 Å². The van der Waals surface area contributed by atoms with Gasteiger partial charge in [-0.3, -0.25) is 9.59 Å². The predicted molar refractivity (Wildman–Crippen MR) is 117 cm³/mol. The molecule has 0 saturated heterocycles. The lowest BCUT2D eigenvalue weighted by Crippen LogP contribution is -2.50. The van der Waals surface area contributed by atoms with E-state index in [-0.39, 0.29) is 17.9 Å². The van der Waals surface area contributed by atoms with Crippen molar-refractivity contribution in [3.05, 3.63) is 65.7 Å². The van der Waals surface area contributed by atoms with Gasteiger partial charge in [-0.05, 0) is 51.8 Å². The molecule has 1 atom stereocenters. The Labute approximate surface area is 172 Å². The lowest BCUT2D eigenvalue weighted by molar-refractivity contribution is -0.138. The highest BCUT2D eigenvalue weighted by Crippen LogP contribution is 2.19. The maximum Gasteiger partial charge on any atom is 0.242 e. The first kappa shape index (κ1) is 22.0. The number of benzene rings is 2. The maximum atomic E-state index is 13.0. The standard InChI is InChI=1S/C23H30N2O2S/c1-17(2)24-23(27)19(4)25(15-14-20-8-6-5-7-9-20)22(26)16-28-21-12-10-18(3)11-13-21/h5-13,17,19H,14-16H2,1-4H3,(H,24,27). The fraction of sp³-hybridized carbons (Fsp3) is 0.391. The van der Waals surface area contributed by atoms with Crippen LogP contribution in [0, 0.1) is 6.92 Å². The number of nitrogens with one attached hydrogen (secondary N) is 1. The summed E-state index contributed by atoms with van der Waals surface area (Å²) in [6.45, 7) is 8.21. The smallest absolute Gasteiger partial charge is 0.242 e. The fourth-order valence-corrected chi connectivity index (χ4v) is 3.62. The molecule has 1 unspecified atom stereocenters. The number of aryl methyl sites for hydroxylation is 1. The van der Waals surface area contributed by atoms with Crippen molar-refractivity contribution in [3.8, 4) is 0 Å². The van der Waals surface area contributed by atoms with Gasteiger partial charge in [-0.2, -0.15) is 0 Å². The van der Waals surface area contributed by atoms with Gasteiger partial charge in [0, 0.05) is 17.5 Å². The number of nitrogens with zero attached hydrogens (tertiary/aromatic N) is 1. The largest absolute Gasteiger partial charge is 0.352 e. The van der Waals surface area contributed by atoms with Crippen LogP contribution < -0.4 is 5.32 Å². The molecule has 150 valence electrons. The summed E-state index contributed by atoms with van der Waals surface area (Å²) in [5, 5.41) is 2.92. The van der Waals surface area contributed by atoms with Crippen LogP contribution in [0.1, 0.15) is 31.9 Å². The molecule has 0 aliphatic heterocycles. The SMILES string of the molecule is Cc1ccc(SCC(=O)N(CCc2ccccc2)C(C)C(=O)NC(C)C)cc1. The molecular weight excluding hydrogens is 368 g/mol. The van der Waals surface area contributed by atoms with E-state index in [0.717, 1.165) is 16.9 Å². The van der Waals surface area contributed by atoms with E-state index in [0.29, 0.717) is 12.3 Å². The molecule has 28 heavy (non-hydrogen) atoms. The molecule has 0 spiro atoms. The summed E-state index contributed by atoms with van der Waals surface area (Å²) in [5.74, 6) is 0.182. The van der Waals surface area contributed by atoms with Gasteiger partial charge in [0.05, 0.1) is 5.75 Å². The third-order valence-corrected chi connectivity index (χ3v) is 5.46. The van der Waals surface area contributed by atoms with E-state index >= 15 is 0 Å². The zero-order chi connectivity index (χ0) is 20.5. The van der Waals surface area contributed by atoms with Crippen molar-refractivity contribution in [2.24, 2.45) is 0 Å². The predicted octanol–water partition coefficient (Wildman–Crippen LogP) is 4.07. The molecule has 0 aromatic heterocycles. The molecule has 0 heterocycles. The van der Waals surface area contributed by atoms with E-state index in [4.69, 9.17) is 0 Å². The Balaban J connectivity index is 2.05. The van der Waals surface area contributed by atoms with E-state index in [1.165, 1.54) is 17.3 Å². The second-order valence-corrected chi connectivity index (χ2v) is 8.31. The molecular formula is C23H30N2O2S. The van der Waals surface area contributed by atoms with Crippen LogP contribution >= 0.6 is 11.8 Å². The van der Waals surface area contributed by atoms with Gasteiger partial charge in [0.15, 0.2) is 0 Å². The van der Waals surface area contributed by atoms with Gasteiger partial charge in [0.1, 0.15) is 6.04 Å². The molecule has 5 heteroatoms. The number of amides is 2. The van der Waals surface area contributed by atoms with Crippen LogP contribution in [0.25, 0.3) is 0 Å². The lowest BCUT2D eigenvalue weighted by Gasteiger charge is -2.29. The highest BCUT2D eigenvalue weighted by atomic mass is 32.2. The molecule has 2 aromatic carbocycles. The summed E-state index contributed by atoms with van der Waals surface area (Å²) in [6.07, 6.45) is 0.723. The third-order valence-electron chi connectivity index (χ3n) is 4.47. The summed E-state index contributed by atoms with van der Waals surface area (Å²) >= 11 is 1.51. The fourth-order valence-electron chi connectivity index (χ4n) is 2.84. The maximum absolute atomic E-state index is 13.0. The number of rotatable bonds is 9. The zero-order valence-electron chi connectivity index (χ0n) is 17.1. The molecule has 0 saturated carbocycles. The van der Waals surface area contributed by atoms with Crippen LogP contribution in [0.4, 0.5) is 0 Å². The van der Waals surface area contributed by atoms with Gasteiger partial charge in [-0.1, -0.05) is 48.0 Å². The monoisotopic (exact) mass is 398 g/mol. The highest BCUT2D eigenvalue weighted by Gasteiger charge is 2.26. The summed E-state index contributed by atoms with van der Waals surface area (Å²) in [4.78, 5) is 28.2. The van der Waals surface area contributed by atoms with E-state index in [1.807, 2.05) is 75.4 Å². The first-order valence-corrected chi connectivity index (χ1v) is 10.7. The van der Waals surface area contributed by atoms with Gasteiger partial charge in [0.25, 0.3) is 0 Å². The average molecular weight is 399 g/mol. The summed E-state index contributed by atoms with van der Waals surface area (Å²) < 4.78 is 0. The Morgan fingerprint density at radius 2 is 1.64 bits per heavy atom. The Morgan fingerprint density at radius 1 is 1.00 bits per heavy atom. The van der Waals surface area contributed by atoms with E-state index in [9.17, 15) is 9.59 Å². The van der Waals surface area contributed by atoms with Crippen LogP contribution in [0.5, 0.6) is 0 Å². The van der Waals surface area contributed by atoms with Gasteiger partial charge in [-0.15, -0.1) is 11.8 Å². The van der Waals surface area contributed by atoms with E-state index in [2.05, 4.69) is 5.32 Å². The first-order chi connectivity index (χ1) is 13.4. The quantitative estimate of drug-likeness (QED) is 0.648. The van der Waals surface area contributed by atoms with Gasteiger partial charge in [0.2, 0.25) is 11.8 Å². The average Bonchev–Trinajstić information content (AvgIpc) is 2.67. The number of thioether (sulfide) groups is 1. The van der Waals surface area contributed by atoms with Gasteiger partial charge < -0.3 is 10.2 Å². The number of hydrogen-bond acceptors (Lipinski definition) is 3. The van der Waals surface area contributed by atoms with Gasteiger partial charge in [-0.25, -0.2) is 0 Å². The third kappa shape index (κ3) is 7.04. The van der Waals surface area contributed by atoms with Crippen molar-refractivity contribution in [2.45, 2.75) is 51.1 Å². The summed E-state index contributed by atoms with van der Waals surface area (Å²) in [5.41, 5.74) is 2.35. The minimum atomic E-state index is -0.503. The minimum Gasteiger partial charge on any atom is -0.352 e. The molecule has 2 aromatic rings. The van der Waals surface area contributed by atoms with Crippen LogP contribution in [0.3, 0.4) is 0 Å². The Bertz CT molecular complexity index is 760. The number of hydrogen-bond donors (Lipinski definition) is 1. The first-order valence-electron chi connectivity index (χ1n) is 9.70. The van der Waals surface area contributed by atoms with Crippen molar-refractivity contribution in [3.63, 3.8) is 0 Å². The molecule has 0 aliphatic carbocycles. The van der Waals surface area contributed by atoms with Crippen molar-refractivity contribution in [1.82, 2.24) is 10.2 Å². The Kier molecular flexibility index (Phi) is 8.58. The van der Waals surface area contributed by atoms with E-state index in [1.54, 1.807) is 11.8 Å². The lowest BCUT2D eigenvalue weighted by atomic mass is 10.1. The van der Waals surface area contributed by atoms with Crippen molar-refractivity contribution < 1.29 is 9.59 Å². The zero-order valence-corrected chi connectivity index (χ0v) is 18.0. The number of carbonyl (C=O) groups is 2. The molecule has 4 nitrogen and oxygen atoms in total. The topological polar surface area (TPSA) is 49.4 Å². The molecule has 2 rings (SSSR count). The molecule has 2 amide bonds. The summed E-state index contributed by atoms with van der Waals surface area (Å²) in [7, 11) is 0. The second-order valence-electron chi connectivity index (χ2n) is 7.26. The van der Waals surface area contributed by atoms with Crippen LogP contribution in [0.15, 0.2) is 59.5 Å². The molecule has 0 fully saturated rings. The normalized spacial score (nSPS) is 11.9. The van der Waals surface area contributed by atoms with Crippen LogP contribution in [-0.2, 0) is 16.0 Å². The minimum absolute atomic E-state index is 0.0205. The second kappa shape index (κ2) is 10.9. The van der Waals surface area contributed by atoms with Crippen LogP contribution in [-0.4, -0.2) is 41.1 Å². The van der Waals surface area contributed by atoms with Crippen molar-refractivity contribution >= 4 is 23.6 Å². The van der Waals surface area contributed by atoms with Gasteiger partial charge >= 0.3 is 0 Å². The van der Waals surface area contributed by atoms with Crippen molar-refractivity contribution in [2.75, 3.05) is 12.3 Å². The summed E-state index contributed by atoms with van der Waals surface area (Å²) in [6, 6.07) is 17.7. The molecule has 1 N–H and O–H groups in total. The molecule has 0 aliphatic rings. The van der Waals surface area contributed by atoms with Crippen molar-refractivity contribution in [1.29, 1.82) is 0 Å². The Morgan fingerprint density at radius 3 is 2.25 bits per heavy atom. The molecule has 0 radical (unpaired) electrons.